The number of benzodiazepines with no additional fused rings is 1. The highest BCUT2D eigenvalue weighted by atomic mass is 16.5. The predicted octanol–water partition coefficient (Wildman–Crippen LogP) is 3.31. The zero-order valence-electron chi connectivity index (χ0n) is 21.0. The van der Waals surface area contributed by atoms with Crippen LogP contribution < -0.4 is 20.3 Å². The molecule has 8 nitrogen and oxygen atoms in total. The van der Waals surface area contributed by atoms with E-state index in [4.69, 9.17) is 4.74 Å². The SMILES string of the molecule is CC[C@H](Oc1ccccc1)C(=O)N[C@@H](C)C(=O)NC1N=C(c2ccccc2)c2ccccc2N(C)C1=O. The third-order valence-electron chi connectivity index (χ3n) is 6.11. The number of carbonyl (C=O) groups is 3. The van der Waals surface area contributed by atoms with Gasteiger partial charge in [0.15, 0.2) is 6.10 Å². The Balaban J connectivity index is 1.52. The van der Waals surface area contributed by atoms with Crippen molar-refractivity contribution in [3.8, 4) is 5.75 Å². The highest BCUT2D eigenvalue weighted by Gasteiger charge is 2.32. The molecule has 4 rings (SSSR count). The second-order valence-corrected chi connectivity index (χ2v) is 8.73. The quantitative estimate of drug-likeness (QED) is 0.498. The van der Waals surface area contributed by atoms with E-state index in [0.29, 0.717) is 23.6 Å². The van der Waals surface area contributed by atoms with Gasteiger partial charge in [-0.05, 0) is 31.5 Å². The number of anilines is 1. The maximum atomic E-state index is 13.3. The Morgan fingerprint density at radius 2 is 1.57 bits per heavy atom. The number of nitrogens with zero attached hydrogens (tertiary/aromatic N) is 2. The van der Waals surface area contributed by atoms with Crippen LogP contribution in [-0.2, 0) is 14.4 Å². The smallest absolute Gasteiger partial charge is 0.272 e. The first kappa shape index (κ1) is 25.6. The zero-order valence-corrected chi connectivity index (χ0v) is 21.0. The largest absolute Gasteiger partial charge is 0.481 e. The topological polar surface area (TPSA) is 100 Å². The number of para-hydroxylation sites is 2. The highest BCUT2D eigenvalue weighted by Crippen LogP contribution is 2.27. The van der Waals surface area contributed by atoms with Gasteiger partial charge in [-0.2, -0.15) is 0 Å². The van der Waals surface area contributed by atoms with Crippen molar-refractivity contribution in [2.45, 2.75) is 38.6 Å². The molecule has 3 atom stereocenters. The minimum absolute atomic E-state index is 0.385. The molecule has 0 saturated carbocycles. The number of benzene rings is 3. The van der Waals surface area contributed by atoms with E-state index in [1.54, 1.807) is 26.1 Å². The van der Waals surface area contributed by atoms with Crippen LogP contribution in [0.2, 0.25) is 0 Å². The Morgan fingerprint density at radius 1 is 0.946 bits per heavy atom. The number of fused-ring (bicyclic) bond motifs is 1. The molecule has 0 aromatic heterocycles. The first-order valence-electron chi connectivity index (χ1n) is 12.2. The van der Waals surface area contributed by atoms with Crippen molar-refractivity contribution in [1.82, 2.24) is 10.6 Å². The molecule has 0 spiro atoms. The van der Waals surface area contributed by atoms with Crippen molar-refractivity contribution in [1.29, 1.82) is 0 Å². The number of likely N-dealkylation sites (N-methyl/N-ethyl adjacent to an activating group) is 1. The van der Waals surface area contributed by atoms with E-state index >= 15 is 0 Å². The van der Waals surface area contributed by atoms with Crippen molar-refractivity contribution < 1.29 is 19.1 Å². The normalized spacial score (nSPS) is 16.5. The van der Waals surface area contributed by atoms with Gasteiger partial charge < -0.3 is 20.3 Å². The Bertz CT molecular complexity index is 1290. The lowest BCUT2D eigenvalue weighted by Crippen LogP contribution is -2.54. The number of rotatable bonds is 8. The number of ether oxygens (including phenoxy) is 1. The first-order chi connectivity index (χ1) is 17.9. The Hall–Kier alpha value is -4.46. The summed E-state index contributed by atoms with van der Waals surface area (Å²) in [5, 5.41) is 5.41. The molecule has 3 aromatic rings. The molecule has 3 amide bonds. The second-order valence-electron chi connectivity index (χ2n) is 8.73. The number of amides is 3. The number of aliphatic imine (C=N–C) groups is 1. The molecule has 37 heavy (non-hydrogen) atoms. The van der Waals surface area contributed by atoms with Gasteiger partial charge in [-0.15, -0.1) is 0 Å². The molecule has 0 saturated heterocycles. The summed E-state index contributed by atoms with van der Waals surface area (Å²) in [7, 11) is 1.65. The third-order valence-corrected chi connectivity index (χ3v) is 6.11. The van der Waals surface area contributed by atoms with Gasteiger partial charge in [-0.3, -0.25) is 14.4 Å². The molecule has 0 radical (unpaired) electrons. The van der Waals surface area contributed by atoms with Crippen molar-refractivity contribution in [3.63, 3.8) is 0 Å². The Kier molecular flexibility index (Phi) is 7.98. The third kappa shape index (κ3) is 5.86. The summed E-state index contributed by atoms with van der Waals surface area (Å²) in [4.78, 5) is 45.4. The minimum atomic E-state index is -1.16. The number of nitrogens with one attached hydrogen (secondary N) is 2. The van der Waals surface area contributed by atoms with E-state index in [9.17, 15) is 14.4 Å². The van der Waals surface area contributed by atoms with Crippen LogP contribution in [0.5, 0.6) is 5.75 Å². The number of carbonyl (C=O) groups excluding carboxylic acids is 3. The van der Waals surface area contributed by atoms with Crippen molar-refractivity contribution in [3.05, 3.63) is 96.1 Å². The molecule has 1 aliphatic heterocycles. The van der Waals surface area contributed by atoms with E-state index < -0.39 is 30.1 Å². The van der Waals surface area contributed by atoms with Crippen LogP contribution in [0.25, 0.3) is 0 Å². The molecular formula is C29H30N4O4. The first-order valence-corrected chi connectivity index (χ1v) is 12.2. The van der Waals surface area contributed by atoms with Crippen LogP contribution in [0, 0.1) is 0 Å². The van der Waals surface area contributed by atoms with Gasteiger partial charge in [0, 0.05) is 18.2 Å². The lowest BCUT2D eigenvalue weighted by atomic mass is 10.0. The fraction of sp³-hybridized carbons (Fsp3) is 0.241. The molecule has 190 valence electrons. The van der Waals surface area contributed by atoms with Crippen LogP contribution in [0.15, 0.2) is 89.9 Å². The van der Waals surface area contributed by atoms with Gasteiger partial charge in [0.2, 0.25) is 12.1 Å². The molecule has 8 heteroatoms. The molecule has 3 aromatic carbocycles. The summed E-state index contributed by atoms with van der Waals surface area (Å²) >= 11 is 0. The van der Waals surface area contributed by atoms with Gasteiger partial charge in [-0.25, -0.2) is 4.99 Å². The average molecular weight is 499 g/mol. The van der Waals surface area contributed by atoms with E-state index in [-0.39, 0.29) is 5.91 Å². The van der Waals surface area contributed by atoms with Gasteiger partial charge in [-0.1, -0.05) is 73.7 Å². The van der Waals surface area contributed by atoms with Crippen LogP contribution in [0.4, 0.5) is 5.69 Å². The van der Waals surface area contributed by atoms with Crippen molar-refractivity contribution in [2.75, 3.05) is 11.9 Å². The summed E-state index contributed by atoms with van der Waals surface area (Å²) in [6, 6.07) is 25.1. The van der Waals surface area contributed by atoms with Gasteiger partial charge in [0.25, 0.3) is 11.8 Å². The summed E-state index contributed by atoms with van der Waals surface area (Å²) in [6.45, 7) is 3.39. The van der Waals surface area contributed by atoms with E-state index in [1.807, 2.05) is 79.7 Å². The fourth-order valence-electron chi connectivity index (χ4n) is 4.06. The molecular weight excluding hydrogens is 468 g/mol. The fourth-order valence-corrected chi connectivity index (χ4v) is 4.06. The van der Waals surface area contributed by atoms with Crippen molar-refractivity contribution in [2.24, 2.45) is 4.99 Å². The second kappa shape index (κ2) is 11.5. The van der Waals surface area contributed by atoms with Crippen LogP contribution in [0.1, 0.15) is 31.4 Å². The summed E-state index contributed by atoms with van der Waals surface area (Å²) in [6.07, 6.45) is -1.51. The maximum absolute atomic E-state index is 13.3. The van der Waals surface area contributed by atoms with E-state index in [1.165, 1.54) is 4.90 Å². The van der Waals surface area contributed by atoms with E-state index in [2.05, 4.69) is 15.6 Å². The molecule has 1 unspecified atom stereocenters. The monoisotopic (exact) mass is 498 g/mol. The summed E-state index contributed by atoms with van der Waals surface area (Å²) < 4.78 is 5.78. The van der Waals surface area contributed by atoms with Gasteiger partial charge in [0.05, 0.1) is 11.4 Å². The predicted molar refractivity (Wildman–Crippen MR) is 143 cm³/mol. The van der Waals surface area contributed by atoms with Crippen LogP contribution >= 0.6 is 0 Å². The average Bonchev–Trinajstić information content (AvgIpc) is 3.03. The molecule has 1 aliphatic rings. The molecule has 2 N–H and O–H groups in total. The maximum Gasteiger partial charge on any atom is 0.272 e. The Labute approximate surface area is 216 Å². The van der Waals surface area contributed by atoms with Crippen LogP contribution in [-0.4, -0.2) is 48.8 Å². The molecule has 0 aliphatic carbocycles. The molecule has 0 bridgehead atoms. The lowest BCUT2D eigenvalue weighted by molar-refractivity contribution is -0.133. The van der Waals surface area contributed by atoms with Crippen LogP contribution in [0.3, 0.4) is 0 Å². The van der Waals surface area contributed by atoms with Gasteiger partial charge in [0.1, 0.15) is 11.8 Å². The summed E-state index contributed by atoms with van der Waals surface area (Å²) in [5.41, 5.74) is 2.89. The highest BCUT2D eigenvalue weighted by molar-refractivity contribution is 6.20. The zero-order chi connectivity index (χ0) is 26.4. The molecule has 1 heterocycles. The number of hydrogen-bond acceptors (Lipinski definition) is 5. The molecule has 0 fully saturated rings. The minimum Gasteiger partial charge on any atom is -0.481 e. The van der Waals surface area contributed by atoms with Crippen molar-refractivity contribution >= 4 is 29.1 Å². The van der Waals surface area contributed by atoms with Gasteiger partial charge >= 0.3 is 0 Å². The Morgan fingerprint density at radius 3 is 2.24 bits per heavy atom. The standard InChI is InChI=1S/C29H30N4O4/c1-4-24(37-21-15-9-6-10-16-21)28(35)30-19(2)27(34)32-26-29(36)33(3)23-18-12-11-17-22(23)25(31-26)20-13-7-5-8-14-20/h5-19,24,26H,4H2,1-3H3,(H,30,35)(H,32,34)/t19-,24-,26?/m0/s1. The van der Waals surface area contributed by atoms with E-state index in [0.717, 1.165) is 11.1 Å². The lowest BCUT2D eigenvalue weighted by Gasteiger charge is -2.23. The number of hydrogen-bond donors (Lipinski definition) is 2. The summed E-state index contributed by atoms with van der Waals surface area (Å²) in [5.74, 6) is -0.767.